The quantitative estimate of drug-likeness (QED) is 0.707. The Labute approximate surface area is 88.6 Å². The lowest BCUT2D eigenvalue weighted by Crippen LogP contribution is -1.99. The van der Waals surface area contributed by atoms with Crippen molar-refractivity contribution in [3.63, 3.8) is 0 Å². The zero-order valence-electron chi connectivity index (χ0n) is 8.76. The lowest BCUT2D eigenvalue weighted by atomic mass is 10.0. The van der Waals surface area contributed by atoms with Gasteiger partial charge in [-0.05, 0) is 29.5 Å². The molecule has 0 saturated heterocycles. The molecule has 1 aromatic rings. The van der Waals surface area contributed by atoms with Crippen LogP contribution in [0.4, 0.5) is 8.78 Å². The summed E-state index contributed by atoms with van der Waals surface area (Å²) in [7, 11) is 0. The molecule has 15 heavy (non-hydrogen) atoms. The molecule has 2 heteroatoms. The molecule has 0 unspecified atom stereocenters. The number of hydrogen-bond acceptors (Lipinski definition) is 0. The average Bonchev–Trinajstić information content (AvgIpc) is 2.61. The first-order valence-corrected chi connectivity index (χ1v) is 5.29. The molecule has 0 spiro atoms. The van der Waals surface area contributed by atoms with Crippen LogP contribution in [0.2, 0.25) is 0 Å². The number of allylic oxidation sites excluding steroid dienone is 1. The zero-order valence-corrected chi connectivity index (χ0v) is 8.76. The largest absolute Gasteiger partial charge is 0.242 e. The minimum absolute atomic E-state index is 0.128. The summed E-state index contributed by atoms with van der Waals surface area (Å²) < 4.78 is 24.7. The maximum Gasteiger partial charge on any atom is 0.242 e. The van der Waals surface area contributed by atoms with Gasteiger partial charge in [0.15, 0.2) is 0 Å². The minimum Gasteiger partial charge on any atom is -0.210 e. The summed E-state index contributed by atoms with van der Waals surface area (Å²) in [5.41, 5.74) is 4.36. The van der Waals surface area contributed by atoms with Crippen LogP contribution >= 0.6 is 0 Å². The summed E-state index contributed by atoms with van der Waals surface area (Å²) in [6.07, 6.45) is 1.63. The Hall–Kier alpha value is -1.18. The lowest BCUT2D eigenvalue weighted by Gasteiger charge is -2.06. The number of fused-ring (bicyclic) bond motifs is 1. The van der Waals surface area contributed by atoms with Crippen LogP contribution in [0.25, 0.3) is 6.08 Å². The van der Waals surface area contributed by atoms with Gasteiger partial charge < -0.3 is 0 Å². The molecular weight excluding hydrogens is 194 g/mol. The molecule has 0 N–H and O–H groups in total. The number of rotatable bonds is 3. The van der Waals surface area contributed by atoms with Crippen molar-refractivity contribution in [3.05, 3.63) is 40.5 Å². The van der Waals surface area contributed by atoms with Crippen LogP contribution in [-0.4, -0.2) is 6.43 Å². The van der Waals surface area contributed by atoms with Crippen LogP contribution in [0.15, 0.2) is 23.8 Å². The Morgan fingerprint density at radius 3 is 2.80 bits per heavy atom. The van der Waals surface area contributed by atoms with Crippen LogP contribution in [0, 0.1) is 0 Å². The zero-order chi connectivity index (χ0) is 10.8. The normalized spacial score (nSPS) is 14.3. The van der Waals surface area contributed by atoms with Gasteiger partial charge in [0.05, 0.1) is 0 Å². The smallest absolute Gasteiger partial charge is 0.210 e. The van der Waals surface area contributed by atoms with Crippen molar-refractivity contribution < 1.29 is 8.78 Å². The van der Waals surface area contributed by atoms with E-state index < -0.39 is 6.43 Å². The second-order valence-corrected chi connectivity index (χ2v) is 3.92. The van der Waals surface area contributed by atoms with Crippen molar-refractivity contribution in [2.45, 2.75) is 32.6 Å². The van der Waals surface area contributed by atoms with Crippen molar-refractivity contribution in [2.75, 3.05) is 0 Å². The maximum absolute atomic E-state index is 12.3. The minimum atomic E-state index is -2.25. The third-order valence-corrected chi connectivity index (χ3v) is 2.88. The van der Waals surface area contributed by atoms with Gasteiger partial charge in [0.1, 0.15) is 0 Å². The number of hydrogen-bond donors (Lipinski definition) is 0. The van der Waals surface area contributed by atoms with E-state index in [1.807, 2.05) is 12.1 Å². The maximum atomic E-state index is 12.3. The van der Waals surface area contributed by atoms with Crippen molar-refractivity contribution in [1.29, 1.82) is 0 Å². The van der Waals surface area contributed by atoms with Crippen molar-refractivity contribution >= 4 is 6.08 Å². The van der Waals surface area contributed by atoms with E-state index in [1.54, 1.807) is 6.07 Å². The number of alkyl halides is 2. The van der Waals surface area contributed by atoms with E-state index in [4.69, 9.17) is 0 Å². The molecular formula is C13H14F2. The fraction of sp³-hybridized carbons (Fsp3) is 0.385. The molecule has 0 radical (unpaired) electrons. The van der Waals surface area contributed by atoms with E-state index in [0.717, 1.165) is 24.0 Å². The Morgan fingerprint density at radius 2 is 2.13 bits per heavy atom. The molecule has 80 valence electrons. The summed E-state index contributed by atoms with van der Waals surface area (Å²) in [4.78, 5) is 0. The summed E-state index contributed by atoms with van der Waals surface area (Å²) in [6, 6.07) is 5.71. The first kappa shape index (κ1) is 10.3. The van der Waals surface area contributed by atoms with Gasteiger partial charge in [-0.2, -0.15) is 0 Å². The van der Waals surface area contributed by atoms with E-state index in [0.29, 0.717) is 0 Å². The van der Waals surface area contributed by atoms with Crippen LogP contribution in [0.3, 0.4) is 0 Å². The third kappa shape index (κ3) is 2.09. The van der Waals surface area contributed by atoms with E-state index in [9.17, 15) is 8.78 Å². The molecule has 0 fully saturated rings. The summed E-state index contributed by atoms with van der Waals surface area (Å²) in [6.45, 7) is 2.10. The van der Waals surface area contributed by atoms with E-state index in [1.165, 1.54) is 11.1 Å². The predicted molar refractivity (Wildman–Crippen MR) is 58.1 cm³/mol. The monoisotopic (exact) mass is 208 g/mol. The molecule has 0 atom stereocenters. The molecule has 0 amide bonds. The van der Waals surface area contributed by atoms with Crippen LogP contribution in [-0.2, 0) is 12.8 Å². The number of halogens is 2. The van der Waals surface area contributed by atoms with Crippen molar-refractivity contribution in [1.82, 2.24) is 0 Å². The highest BCUT2D eigenvalue weighted by atomic mass is 19.3. The van der Waals surface area contributed by atoms with Gasteiger partial charge in [-0.3, -0.25) is 0 Å². The molecule has 0 heterocycles. The van der Waals surface area contributed by atoms with Gasteiger partial charge in [0, 0.05) is 6.42 Å². The molecule has 1 aliphatic rings. The van der Waals surface area contributed by atoms with Gasteiger partial charge in [-0.15, -0.1) is 0 Å². The highest BCUT2D eigenvalue weighted by Gasteiger charge is 2.16. The third-order valence-electron chi connectivity index (χ3n) is 2.88. The topological polar surface area (TPSA) is 0 Å². The Kier molecular flexibility index (Phi) is 2.85. The molecule has 0 aliphatic heterocycles. The summed E-state index contributed by atoms with van der Waals surface area (Å²) in [5.74, 6) is 0. The van der Waals surface area contributed by atoms with E-state index >= 15 is 0 Å². The second-order valence-electron chi connectivity index (χ2n) is 3.92. The Balaban J connectivity index is 2.34. The lowest BCUT2D eigenvalue weighted by molar-refractivity contribution is 0.149. The van der Waals surface area contributed by atoms with Crippen LogP contribution in [0.5, 0.6) is 0 Å². The first-order chi connectivity index (χ1) is 7.20. The predicted octanol–water partition coefficient (Wildman–Crippen LogP) is 3.84. The summed E-state index contributed by atoms with van der Waals surface area (Å²) in [5, 5.41) is 0. The van der Waals surface area contributed by atoms with Crippen LogP contribution in [0.1, 0.15) is 30.0 Å². The van der Waals surface area contributed by atoms with Gasteiger partial charge in [-0.25, -0.2) is 8.78 Å². The second kappa shape index (κ2) is 4.13. The summed E-state index contributed by atoms with van der Waals surface area (Å²) >= 11 is 0. The molecule has 0 saturated carbocycles. The van der Waals surface area contributed by atoms with E-state index in [-0.39, 0.29) is 6.42 Å². The molecule has 1 aromatic carbocycles. The van der Waals surface area contributed by atoms with Gasteiger partial charge in [0.25, 0.3) is 0 Å². The Morgan fingerprint density at radius 1 is 1.33 bits per heavy atom. The molecule has 2 rings (SSSR count). The van der Waals surface area contributed by atoms with Gasteiger partial charge in [0.2, 0.25) is 6.43 Å². The van der Waals surface area contributed by atoms with E-state index in [2.05, 4.69) is 13.0 Å². The van der Waals surface area contributed by atoms with Gasteiger partial charge >= 0.3 is 0 Å². The number of benzene rings is 1. The standard InChI is InChI=1S/C13H14F2/c1-2-9-6-10-4-3-5-11(8-13(14)15)12(10)7-9/h3-5,7,13H,2,6,8H2,1H3. The average molecular weight is 208 g/mol. The van der Waals surface area contributed by atoms with Crippen molar-refractivity contribution in [2.24, 2.45) is 0 Å². The molecule has 0 aromatic heterocycles. The van der Waals surface area contributed by atoms with Crippen molar-refractivity contribution in [3.8, 4) is 0 Å². The highest BCUT2D eigenvalue weighted by molar-refractivity contribution is 5.66. The first-order valence-electron chi connectivity index (χ1n) is 5.29. The molecule has 1 aliphatic carbocycles. The van der Waals surface area contributed by atoms with Gasteiger partial charge in [-0.1, -0.05) is 36.8 Å². The fourth-order valence-electron chi connectivity index (χ4n) is 2.08. The molecule has 0 nitrogen and oxygen atoms in total. The SMILES string of the molecule is CCC1=Cc2c(cccc2CC(F)F)C1. The van der Waals surface area contributed by atoms with Crippen LogP contribution < -0.4 is 0 Å². The highest BCUT2D eigenvalue weighted by Crippen LogP contribution is 2.30. The fourth-order valence-corrected chi connectivity index (χ4v) is 2.08. The molecule has 0 bridgehead atoms. The Bertz CT molecular complexity index is 392.